The molecular weight excluding hydrogens is 264 g/mol. The minimum Gasteiger partial charge on any atom is -0.289 e. The van der Waals surface area contributed by atoms with E-state index in [4.69, 9.17) is 0 Å². The van der Waals surface area contributed by atoms with Crippen molar-refractivity contribution in [1.29, 1.82) is 0 Å². The summed E-state index contributed by atoms with van der Waals surface area (Å²) in [5.41, 5.74) is 0. The summed E-state index contributed by atoms with van der Waals surface area (Å²) >= 11 is 6.55. The lowest BCUT2D eigenvalue weighted by Crippen LogP contribution is -1.86. The fraction of sp³-hybridized carbons (Fsp3) is 0.400. The Morgan fingerprint density at radius 2 is 1.33 bits per heavy atom. The van der Waals surface area contributed by atoms with E-state index < -0.39 is 0 Å². The van der Waals surface area contributed by atoms with Crippen molar-refractivity contribution >= 4 is 47.0 Å². The van der Waals surface area contributed by atoms with Crippen molar-refractivity contribution in [3.63, 3.8) is 0 Å². The van der Waals surface area contributed by atoms with Crippen LogP contribution in [0.2, 0.25) is 0 Å². The van der Waals surface area contributed by atoms with Crippen LogP contribution in [0.1, 0.15) is 0 Å². The lowest BCUT2D eigenvalue weighted by atomic mass is 10.3. The van der Waals surface area contributed by atoms with Crippen LogP contribution in [-0.4, -0.2) is 25.0 Å². The molecule has 0 saturated heterocycles. The third kappa shape index (κ3) is 2.75. The van der Waals surface area contributed by atoms with Gasteiger partial charge in [0.1, 0.15) is 0 Å². The van der Waals surface area contributed by atoms with Crippen LogP contribution >= 0.6 is 47.0 Å². The van der Waals surface area contributed by atoms with Crippen LogP contribution in [0.5, 0.6) is 5.75 Å². The first-order valence-electron chi connectivity index (χ1n) is 4.23. The molecule has 5 heteroatoms. The number of hydrogen-bond donors (Lipinski definition) is 0. The van der Waals surface area contributed by atoms with E-state index in [-0.39, 0.29) is 5.75 Å². The molecule has 1 rings (SSSR count). The van der Waals surface area contributed by atoms with E-state index in [1.165, 1.54) is 16.7 Å². The predicted octanol–water partition coefficient (Wildman–Crippen LogP) is 4.72. The zero-order chi connectivity index (χ0) is 11.4. The Morgan fingerprint density at radius 1 is 0.800 bits per heavy atom. The first kappa shape index (κ1) is 13.5. The van der Waals surface area contributed by atoms with Crippen molar-refractivity contribution in [2.75, 3.05) is 25.0 Å². The summed E-state index contributed by atoms with van der Waals surface area (Å²) < 4.78 is 0. The number of hydrogen-bond acceptors (Lipinski definition) is 4. The van der Waals surface area contributed by atoms with Crippen molar-refractivity contribution in [2.24, 2.45) is 0 Å². The molecule has 0 amide bonds. The SMILES string of the molecule is CSc1cc([O])c(SC)c(SC)c1SC. The molecule has 15 heavy (non-hydrogen) atoms. The van der Waals surface area contributed by atoms with E-state index in [0.717, 1.165) is 14.7 Å². The zero-order valence-electron chi connectivity index (χ0n) is 9.12. The van der Waals surface area contributed by atoms with E-state index in [2.05, 4.69) is 6.26 Å². The first-order chi connectivity index (χ1) is 7.19. The highest BCUT2D eigenvalue weighted by atomic mass is 32.2. The van der Waals surface area contributed by atoms with Crippen LogP contribution in [0.25, 0.3) is 0 Å². The maximum Gasteiger partial charge on any atom is 0.194 e. The van der Waals surface area contributed by atoms with E-state index in [9.17, 15) is 5.11 Å². The van der Waals surface area contributed by atoms with Crippen LogP contribution in [-0.2, 0) is 5.11 Å². The second-order valence-electron chi connectivity index (χ2n) is 2.68. The molecule has 83 valence electrons. The highest BCUT2D eigenvalue weighted by Gasteiger charge is 2.16. The maximum absolute atomic E-state index is 11.8. The average molecular weight is 277 g/mol. The lowest BCUT2D eigenvalue weighted by molar-refractivity contribution is 0.340. The molecule has 0 aliphatic carbocycles. The second kappa shape index (κ2) is 6.23. The van der Waals surface area contributed by atoms with Gasteiger partial charge in [0, 0.05) is 20.8 Å². The van der Waals surface area contributed by atoms with Crippen LogP contribution < -0.4 is 0 Å². The first-order valence-corrected chi connectivity index (χ1v) is 9.13. The van der Waals surface area contributed by atoms with Crippen LogP contribution in [0.3, 0.4) is 0 Å². The van der Waals surface area contributed by atoms with E-state index in [0.29, 0.717) is 0 Å². The number of rotatable bonds is 4. The molecule has 0 bridgehead atoms. The minimum atomic E-state index is 0.147. The molecule has 0 spiro atoms. The molecule has 0 saturated carbocycles. The summed E-state index contributed by atoms with van der Waals surface area (Å²) in [5, 5.41) is 11.8. The molecule has 0 aliphatic rings. The van der Waals surface area contributed by atoms with Gasteiger partial charge < -0.3 is 0 Å². The quantitative estimate of drug-likeness (QED) is 0.742. The Morgan fingerprint density at radius 3 is 1.73 bits per heavy atom. The molecule has 0 fully saturated rings. The largest absolute Gasteiger partial charge is 0.289 e. The van der Waals surface area contributed by atoms with Crippen LogP contribution in [0.4, 0.5) is 0 Å². The smallest absolute Gasteiger partial charge is 0.194 e. The van der Waals surface area contributed by atoms with Crippen LogP contribution in [0.15, 0.2) is 25.6 Å². The summed E-state index contributed by atoms with van der Waals surface area (Å²) in [6.45, 7) is 0. The molecule has 0 aliphatic heterocycles. The van der Waals surface area contributed by atoms with Gasteiger partial charge in [-0.05, 0) is 25.0 Å². The molecule has 0 aromatic heterocycles. The van der Waals surface area contributed by atoms with Crippen molar-refractivity contribution < 1.29 is 5.11 Å². The third-order valence-corrected chi connectivity index (χ3v) is 5.57. The molecule has 0 N–H and O–H groups in total. The van der Waals surface area contributed by atoms with Gasteiger partial charge in [-0.15, -0.1) is 47.0 Å². The molecule has 0 unspecified atom stereocenters. The highest BCUT2D eigenvalue weighted by molar-refractivity contribution is 8.04. The third-order valence-electron chi connectivity index (χ3n) is 1.95. The summed E-state index contributed by atoms with van der Waals surface area (Å²) in [4.78, 5) is 4.34. The van der Waals surface area contributed by atoms with Gasteiger partial charge in [0.05, 0.1) is 4.90 Å². The van der Waals surface area contributed by atoms with Gasteiger partial charge in [0.15, 0.2) is 5.75 Å². The van der Waals surface area contributed by atoms with Crippen molar-refractivity contribution in [3.8, 4) is 5.75 Å². The average Bonchev–Trinajstić information content (AvgIpc) is 2.27. The minimum absolute atomic E-state index is 0.147. The standard InChI is InChI=1S/C10H13OS4/c1-12-7-5-6(11)8(13-2)10(15-4)9(7)14-3/h5H,1-4H3. The van der Waals surface area contributed by atoms with Gasteiger partial charge in [-0.3, -0.25) is 5.11 Å². The zero-order valence-corrected chi connectivity index (χ0v) is 12.4. The summed E-state index contributed by atoms with van der Waals surface area (Å²) in [6.07, 6.45) is 8.05. The second-order valence-corrected chi connectivity index (χ2v) is 5.97. The fourth-order valence-electron chi connectivity index (χ4n) is 1.30. The van der Waals surface area contributed by atoms with Crippen molar-refractivity contribution in [1.82, 2.24) is 0 Å². The van der Waals surface area contributed by atoms with E-state index in [1.807, 2.05) is 18.8 Å². The Hall–Kier alpha value is 0.420. The number of thioether (sulfide) groups is 4. The summed E-state index contributed by atoms with van der Waals surface area (Å²) in [7, 11) is 0. The maximum atomic E-state index is 11.8. The van der Waals surface area contributed by atoms with Gasteiger partial charge >= 0.3 is 0 Å². The molecule has 1 radical (unpaired) electrons. The normalized spacial score (nSPS) is 10.7. The molecule has 1 aromatic carbocycles. The van der Waals surface area contributed by atoms with Gasteiger partial charge in [-0.25, -0.2) is 0 Å². The molecular formula is C10H13OS4. The topological polar surface area (TPSA) is 19.9 Å². The van der Waals surface area contributed by atoms with E-state index in [1.54, 1.807) is 41.4 Å². The van der Waals surface area contributed by atoms with Gasteiger partial charge in [0.2, 0.25) is 0 Å². The molecule has 0 heterocycles. The Kier molecular flexibility index (Phi) is 5.60. The Balaban J connectivity index is 3.44. The van der Waals surface area contributed by atoms with Gasteiger partial charge in [-0.1, -0.05) is 0 Å². The van der Waals surface area contributed by atoms with Crippen molar-refractivity contribution in [2.45, 2.75) is 19.6 Å². The highest BCUT2D eigenvalue weighted by Crippen LogP contribution is 2.46. The molecule has 1 nitrogen and oxygen atoms in total. The fourth-order valence-corrected chi connectivity index (χ4v) is 5.12. The predicted molar refractivity (Wildman–Crippen MR) is 73.7 cm³/mol. The van der Waals surface area contributed by atoms with Crippen LogP contribution in [0, 0.1) is 0 Å². The summed E-state index contributed by atoms with van der Waals surface area (Å²) in [6, 6.07) is 1.75. The molecule has 0 atom stereocenters. The lowest BCUT2D eigenvalue weighted by Gasteiger charge is -2.13. The van der Waals surface area contributed by atoms with E-state index >= 15 is 0 Å². The monoisotopic (exact) mass is 277 g/mol. The van der Waals surface area contributed by atoms with Gasteiger partial charge in [-0.2, -0.15) is 0 Å². The van der Waals surface area contributed by atoms with Crippen molar-refractivity contribution in [3.05, 3.63) is 6.07 Å². The Labute approximate surface area is 108 Å². The Bertz CT molecular complexity index is 352. The summed E-state index contributed by atoms with van der Waals surface area (Å²) in [5.74, 6) is 0.147. The van der Waals surface area contributed by atoms with Gasteiger partial charge in [0.25, 0.3) is 0 Å². The molecule has 1 aromatic rings. The number of benzene rings is 1.